The lowest BCUT2D eigenvalue weighted by Gasteiger charge is -2.21. The van der Waals surface area contributed by atoms with E-state index in [-0.39, 0.29) is 29.4 Å². The number of ketones is 1. The Kier molecular flexibility index (Phi) is 8.98. The lowest BCUT2D eigenvalue weighted by molar-refractivity contribution is -0.128. The molecular weight excluding hydrogens is 574 g/mol. The molecule has 1 aromatic heterocycles. The van der Waals surface area contributed by atoms with Crippen LogP contribution in [0, 0.1) is 34.5 Å². The van der Waals surface area contributed by atoms with Gasteiger partial charge in [-0.25, -0.2) is 9.97 Å². The predicted molar refractivity (Wildman–Crippen MR) is 181 cm³/mol. The number of fused-ring (bicyclic) bond motifs is 1. The van der Waals surface area contributed by atoms with E-state index in [1.54, 1.807) is 12.2 Å². The van der Waals surface area contributed by atoms with Gasteiger partial charge in [0.25, 0.3) is 0 Å². The number of nitrogens with one attached hydrogen (secondary N) is 2. The summed E-state index contributed by atoms with van der Waals surface area (Å²) in [6.07, 6.45) is 11.7. The Labute approximate surface area is 271 Å². The molecule has 1 amide bonds. The SMILES string of the molecule is CC(C)C(=N)/C=C\C(=N)c1ccc(Oc2cc3nc(C4CCC(C5CC5)=CC(=O)C4C)ncc3cc2CN2C[C@@H](C)CC2=O)cc1. The predicted octanol–water partition coefficient (Wildman–Crippen LogP) is 7.81. The standard InChI is InChI=1S/C38H43N5O3/c1-22(2)32(39)13-14-33(40)26-7-10-30(11-8-26)46-36-18-34-28(16-29(36)21-43-20-23(3)15-37(43)45)19-41-38(42-34)31-12-9-27(25-5-6-25)17-35(44)24(31)4/h7-8,10-11,13-14,16-19,22-25,31,39-40H,5-6,9,12,15,20-21H2,1-4H3/b14-13-,39-32?,40-33?/t23-,24?,31?/m0/s1. The van der Waals surface area contributed by atoms with Crippen LogP contribution in [0.1, 0.15) is 82.7 Å². The van der Waals surface area contributed by atoms with Crippen LogP contribution in [0.3, 0.4) is 0 Å². The van der Waals surface area contributed by atoms with Crippen molar-refractivity contribution in [2.45, 2.75) is 72.3 Å². The summed E-state index contributed by atoms with van der Waals surface area (Å²) in [6.45, 7) is 9.12. The van der Waals surface area contributed by atoms with Crippen molar-refractivity contribution < 1.29 is 14.3 Å². The zero-order valence-corrected chi connectivity index (χ0v) is 27.2. The molecule has 46 heavy (non-hydrogen) atoms. The van der Waals surface area contributed by atoms with Gasteiger partial charge < -0.3 is 20.5 Å². The Hall–Kier alpha value is -4.46. The summed E-state index contributed by atoms with van der Waals surface area (Å²) in [5.74, 6) is 2.95. The molecule has 2 N–H and O–H groups in total. The largest absolute Gasteiger partial charge is 0.457 e. The fourth-order valence-electron chi connectivity index (χ4n) is 6.42. The number of allylic oxidation sites excluding steroid dienone is 4. The van der Waals surface area contributed by atoms with Gasteiger partial charge in [-0.05, 0) is 97.6 Å². The van der Waals surface area contributed by atoms with Crippen LogP contribution in [0.4, 0.5) is 0 Å². The average molecular weight is 618 g/mol. The van der Waals surface area contributed by atoms with Gasteiger partial charge in [0.05, 0.1) is 11.2 Å². The maximum atomic E-state index is 13.1. The van der Waals surface area contributed by atoms with E-state index in [2.05, 4.69) is 6.92 Å². The van der Waals surface area contributed by atoms with Crippen LogP contribution >= 0.6 is 0 Å². The quantitative estimate of drug-likeness (QED) is 0.225. The maximum absolute atomic E-state index is 13.1. The van der Waals surface area contributed by atoms with Gasteiger partial charge in [-0.3, -0.25) is 9.59 Å². The van der Waals surface area contributed by atoms with Crippen molar-refractivity contribution in [1.29, 1.82) is 10.8 Å². The fraction of sp³-hybridized carbons (Fsp3) is 0.421. The van der Waals surface area contributed by atoms with Gasteiger partial charge in [0, 0.05) is 60.3 Å². The van der Waals surface area contributed by atoms with Crippen LogP contribution in [0.2, 0.25) is 0 Å². The fourth-order valence-corrected chi connectivity index (χ4v) is 6.42. The highest BCUT2D eigenvalue weighted by Crippen LogP contribution is 2.43. The van der Waals surface area contributed by atoms with E-state index in [0.717, 1.165) is 34.9 Å². The second-order valence-corrected chi connectivity index (χ2v) is 13.6. The molecule has 1 saturated heterocycles. The molecule has 1 aliphatic heterocycles. The molecule has 3 atom stereocenters. The first-order chi connectivity index (χ1) is 22.0. The molecule has 0 spiro atoms. The monoisotopic (exact) mass is 617 g/mol. The zero-order chi connectivity index (χ0) is 32.5. The van der Waals surface area contributed by atoms with Crippen LogP contribution in [0.25, 0.3) is 10.9 Å². The minimum Gasteiger partial charge on any atom is -0.457 e. The summed E-state index contributed by atoms with van der Waals surface area (Å²) in [5.41, 5.74) is 4.42. The maximum Gasteiger partial charge on any atom is 0.223 e. The van der Waals surface area contributed by atoms with Gasteiger partial charge in [0.15, 0.2) is 5.78 Å². The second kappa shape index (κ2) is 13.1. The topological polar surface area (TPSA) is 120 Å². The molecule has 2 aliphatic carbocycles. The summed E-state index contributed by atoms with van der Waals surface area (Å²) < 4.78 is 6.46. The summed E-state index contributed by atoms with van der Waals surface area (Å²) >= 11 is 0. The first kappa shape index (κ1) is 31.5. The first-order valence-corrected chi connectivity index (χ1v) is 16.5. The summed E-state index contributed by atoms with van der Waals surface area (Å²) in [6, 6.07) is 11.3. The molecule has 2 heterocycles. The Morgan fingerprint density at radius 3 is 2.50 bits per heavy atom. The van der Waals surface area contributed by atoms with E-state index in [0.29, 0.717) is 60.1 Å². The molecule has 1 saturated carbocycles. The highest BCUT2D eigenvalue weighted by Gasteiger charge is 2.34. The van der Waals surface area contributed by atoms with Crippen molar-refractivity contribution in [2.24, 2.45) is 23.7 Å². The molecule has 0 bridgehead atoms. The number of carbonyl (C=O) groups is 2. The Bertz CT molecular complexity index is 1750. The summed E-state index contributed by atoms with van der Waals surface area (Å²) in [4.78, 5) is 37.4. The van der Waals surface area contributed by atoms with Crippen LogP contribution in [0.15, 0.2) is 66.4 Å². The molecule has 2 unspecified atom stereocenters. The third-order valence-electron chi connectivity index (χ3n) is 9.55. The van der Waals surface area contributed by atoms with Crippen LogP contribution in [-0.4, -0.2) is 44.5 Å². The van der Waals surface area contributed by atoms with Gasteiger partial charge in [-0.1, -0.05) is 33.3 Å². The van der Waals surface area contributed by atoms with E-state index in [1.165, 1.54) is 18.4 Å². The lowest BCUT2D eigenvalue weighted by atomic mass is 9.87. The Balaban J connectivity index is 1.29. The van der Waals surface area contributed by atoms with Crippen LogP contribution < -0.4 is 4.74 Å². The first-order valence-electron chi connectivity index (χ1n) is 16.5. The lowest BCUT2D eigenvalue weighted by Crippen LogP contribution is -2.24. The van der Waals surface area contributed by atoms with Crippen molar-refractivity contribution in [3.63, 3.8) is 0 Å². The van der Waals surface area contributed by atoms with Gasteiger partial charge in [0.1, 0.15) is 17.3 Å². The van der Waals surface area contributed by atoms with Crippen molar-refractivity contribution >= 4 is 34.0 Å². The number of likely N-dealkylation sites (tertiary alicyclic amines) is 1. The van der Waals surface area contributed by atoms with Gasteiger partial charge in [0.2, 0.25) is 5.91 Å². The molecule has 3 aromatic rings. The minimum absolute atomic E-state index is 0.0571. The van der Waals surface area contributed by atoms with Crippen molar-refractivity contribution in [1.82, 2.24) is 14.9 Å². The number of hydrogen-bond acceptors (Lipinski definition) is 7. The molecule has 2 aromatic carbocycles. The van der Waals surface area contributed by atoms with Gasteiger partial charge in [-0.15, -0.1) is 0 Å². The molecule has 2 fully saturated rings. The van der Waals surface area contributed by atoms with E-state index in [4.69, 9.17) is 25.5 Å². The van der Waals surface area contributed by atoms with E-state index in [9.17, 15) is 9.59 Å². The number of rotatable bonds is 10. The molecular formula is C38H43N5O3. The Morgan fingerprint density at radius 2 is 1.83 bits per heavy atom. The van der Waals surface area contributed by atoms with E-state index >= 15 is 0 Å². The molecule has 8 nitrogen and oxygen atoms in total. The zero-order valence-electron chi connectivity index (χ0n) is 27.2. The third kappa shape index (κ3) is 7.01. The Morgan fingerprint density at radius 1 is 1.07 bits per heavy atom. The molecule has 238 valence electrons. The van der Waals surface area contributed by atoms with E-state index < -0.39 is 0 Å². The molecule has 0 radical (unpaired) electrons. The normalized spacial score (nSPS) is 22.1. The third-order valence-corrected chi connectivity index (χ3v) is 9.55. The summed E-state index contributed by atoms with van der Waals surface area (Å²) in [5, 5.41) is 17.3. The van der Waals surface area contributed by atoms with Crippen LogP contribution in [-0.2, 0) is 16.1 Å². The smallest absolute Gasteiger partial charge is 0.223 e. The number of ether oxygens (including phenoxy) is 1. The summed E-state index contributed by atoms with van der Waals surface area (Å²) in [7, 11) is 0. The van der Waals surface area contributed by atoms with E-state index in [1.807, 2.05) is 74.3 Å². The second-order valence-electron chi connectivity index (χ2n) is 13.6. The molecule has 6 rings (SSSR count). The highest BCUT2D eigenvalue weighted by atomic mass is 16.5. The number of aromatic nitrogens is 2. The minimum atomic E-state index is -0.185. The van der Waals surface area contributed by atoms with Gasteiger partial charge in [-0.2, -0.15) is 0 Å². The number of hydrogen-bond donors (Lipinski definition) is 2. The average Bonchev–Trinajstić information content (AvgIpc) is 3.84. The van der Waals surface area contributed by atoms with Gasteiger partial charge >= 0.3 is 0 Å². The number of amides is 1. The number of benzene rings is 2. The molecule has 8 heteroatoms. The highest BCUT2D eigenvalue weighted by molar-refractivity contribution is 6.10. The van der Waals surface area contributed by atoms with Crippen LogP contribution in [0.5, 0.6) is 11.5 Å². The molecule has 3 aliphatic rings. The number of carbonyl (C=O) groups excluding carboxylic acids is 2. The van der Waals surface area contributed by atoms with Crippen molar-refractivity contribution in [3.05, 3.63) is 83.3 Å². The van der Waals surface area contributed by atoms with Crippen molar-refractivity contribution in [3.8, 4) is 11.5 Å². The number of nitrogens with zero attached hydrogens (tertiary/aromatic N) is 3. The van der Waals surface area contributed by atoms with Crippen molar-refractivity contribution in [2.75, 3.05) is 6.54 Å².